The molecule has 2 aliphatic rings. The highest BCUT2D eigenvalue weighted by atomic mass is 16.5. The molecule has 1 aromatic heterocycles. The highest BCUT2D eigenvalue weighted by Crippen LogP contribution is 2.15. The number of amides is 1. The summed E-state index contributed by atoms with van der Waals surface area (Å²) in [6.07, 6.45) is 2.98. The van der Waals surface area contributed by atoms with E-state index in [4.69, 9.17) is 9.15 Å². The number of hydrogen-bond donors (Lipinski definition) is 0. The van der Waals surface area contributed by atoms with Gasteiger partial charge in [-0.3, -0.25) is 14.3 Å². The summed E-state index contributed by atoms with van der Waals surface area (Å²) < 4.78 is 12.5. The Kier molecular flexibility index (Phi) is 5.08. The zero-order chi connectivity index (χ0) is 17.9. The van der Waals surface area contributed by atoms with Crippen LogP contribution in [0.5, 0.6) is 0 Å². The van der Waals surface area contributed by atoms with Crippen molar-refractivity contribution in [1.82, 2.24) is 14.4 Å². The zero-order valence-corrected chi connectivity index (χ0v) is 14.9. The van der Waals surface area contributed by atoms with Gasteiger partial charge >= 0.3 is 5.76 Å². The first-order valence-electron chi connectivity index (χ1n) is 9.41. The number of carbonyl (C=O) groups is 1. The van der Waals surface area contributed by atoms with Gasteiger partial charge in [0.15, 0.2) is 5.58 Å². The van der Waals surface area contributed by atoms with Crippen molar-refractivity contribution in [3.8, 4) is 0 Å². The first kappa shape index (κ1) is 17.3. The Morgan fingerprint density at radius 2 is 1.96 bits per heavy atom. The molecule has 26 heavy (non-hydrogen) atoms. The lowest BCUT2D eigenvalue weighted by Gasteiger charge is -2.35. The Balaban J connectivity index is 1.29. The van der Waals surface area contributed by atoms with Gasteiger partial charge in [0.2, 0.25) is 5.91 Å². The molecule has 2 aromatic rings. The molecule has 0 bridgehead atoms. The van der Waals surface area contributed by atoms with Gasteiger partial charge in [-0.1, -0.05) is 12.1 Å². The van der Waals surface area contributed by atoms with Gasteiger partial charge in [-0.15, -0.1) is 0 Å². The SMILES string of the molecule is O=C(CCn1c(=O)oc2ccccc21)N1CCN(CC2CCCO2)CC1. The van der Waals surface area contributed by atoms with Crippen LogP contribution in [-0.2, 0) is 16.1 Å². The molecule has 0 N–H and O–H groups in total. The average molecular weight is 359 g/mol. The third-order valence-electron chi connectivity index (χ3n) is 5.33. The van der Waals surface area contributed by atoms with Crippen molar-refractivity contribution in [2.24, 2.45) is 0 Å². The summed E-state index contributed by atoms with van der Waals surface area (Å²) in [6, 6.07) is 7.30. The standard InChI is InChI=1S/C19H25N3O4/c23-18(7-8-22-16-5-1-2-6-17(16)26-19(22)24)21-11-9-20(10-12-21)14-15-4-3-13-25-15/h1-2,5-6,15H,3-4,7-14H2. The number of rotatable bonds is 5. The minimum Gasteiger partial charge on any atom is -0.408 e. The second-order valence-electron chi connectivity index (χ2n) is 7.05. The van der Waals surface area contributed by atoms with Gasteiger partial charge in [0.1, 0.15) is 0 Å². The molecule has 7 heteroatoms. The van der Waals surface area contributed by atoms with E-state index < -0.39 is 5.76 Å². The Hall–Kier alpha value is -2.12. The first-order valence-corrected chi connectivity index (χ1v) is 9.41. The largest absolute Gasteiger partial charge is 0.419 e. The van der Waals surface area contributed by atoms with Crippen LogP contribution in [0, 0.1) is 0 Å². The molecule has 140 valence electrons. The second-order valence-corrected chi connectivity index (χ2v) is 7.05. The van der Waals surface area contributed by atoms with E-state index in [9.17, 15) is 9.59 Å². The Morgan fingerprint density at radius 1 is 1.15 bits per heavy atom. The van der Waals surface area contributed by atoms with Gasteiger partial charge in [-0.25, -0.2) is 4.79 Å². The van der Waals surface area contributed by atoms with Crippen molar-refractivity contribution in [3.63, 3.8) is 0 Å². The van der Waals surface area contributed by atoms with Gasteiger partial charge < -0.3 is 14.1 Å². The first-order chi connectivity index (χ1) is 12.7. The molecule has 3 heterocycles. The molecular formula is C19H25N3O4. The summed E-state index contributed by atoms with van der Waals surface area (Å²) in [7, 11) is 0. The number of benzene rings is 1. The van der Waals surface area contributed by atoms with Crippen LogP contribution < -0.4 is 5.76 Å². The average Bonchev–Trinajstić information content (AvgIpc) is 3.27. The molecule has 1 aromatic carbocycles. The van der Waals surface area contributed by atoms with E-state index >= 15 is 0 Å². The normalized spacial score (nSPS) is 21.5. The maximum atomic E-state index is 12.5. The Morgan fingerprint density at radius 3 is 2.73 bits per heavy atom. The Labute approximate surface area is 152 Å². The van der Waals surface area contributed by atoms with E-state index in [2.05, 4.69) is 4.90 Å². The number of fused-ring (bicyclic) bond motifs is 1. The number of ether oxygens (including phenoxy) is 1. The van der Waals surface area contributed by atoms with E-state index in [1.807, 2.05) is 23.1 Å². The summed E-state index contributed by atoms with van der Waals surface area (Å²) in [5, 5.41) is 0. The maximum Gasteiger partial charge on any atom is 0.419 e. The predicted molar refractivity (Wildman–Crippen MR) is 97.1 cm³/mol. The van der Waals surface area contributed by atoms with E-state index in [0.29, 0.717) is 24.7 Å². The van der Waals surface area contributed by atoms with Gasteiger partial charge in [0, 0.05) is 52.3 Å². The lowest BCUT2D eigenvalue weighted by Crippen LogP contribution is -2.50. The van der Waals surface area contributed by atoms with Crippen molar-refractivity contribution >= 4 is 17.0 Å². The fraction of sp³-hybridized carbons (Fsp3) is 0.579. The molecular weight excluding hydrogens is 334 g/mol. The summed E-state index contributed by atoms with van der Waals surface area (Å²) in [6.45, 7) is 5.47. The van der Waals surface area contributed by atoms with Crippen molar-refractivity contribution < 1.29 is 13.9 Å². The lowest BCUT2D eigenvalue weighted by molar-refractivity contribution is -0.133. The van der Waals surface area contributed by atoms with E-state index in [-0.39, 0.29) is 5.91 Å². The summed E-state index contributed by atoms with van der Waals surface area (Å²) >= 11 is 0. The minimum absolute atomic E-state index is 0.0962. The number of oxazole rings is 1. The molecule has 0 aliphatic carbocycles. The third-order valence-corrected chi connectivity index (χ3v) is 5.33. The molecule has 0 radical (unpaired) electrons. The van der Waals surface area contributed by atoms with Crippen LogP contribution in [0.1, 0.15) is 19.3 Å². The van der Waals surface area contributed by atoms with Crippen LogP contribution in [0.2, 0.25) is 0 Å². The van der Waals surface area contributed by atoms with Crippen molar-refractivity contribution in [2.45, 2.75) is 31.9 Å². The quantitative estimate of drug-likeness (QED) is 0.805. The summed E-state index contributed by atoms with van der Waals surface area (Å²) in [5.41, 5.74) is 1.30. The number of hydrogen-bond acceptors (Lipinski definition) is 5. The lowest BCUT2D eigenvalue weighted by atomic mass is 10.2. The number of para-hydroxylation sites is 2. The van der Waals surface area contributed by atoms with Crippen LogP contribution in [0.15, 0.2) is 33.5 Å². The van der Waals surface area contributed by atoms with Gasteiger partial charge in [0.25, 0.3) is 0 Å². The highest BCUT2D eigenvalue weighted by molar-refractivity contribution is 5.77. The van der Waals surface area contributed by atoms with Crippen LogP contribution in [0.4, 0.5) is 0 Å². The van der Waals surface area contributed by atoms with Crippen LogP contribution in [-0.4, -0.2) is 65.7 Å². The van der Waals surface area contributed by atoms with E-state index in [0.717, 1.165) is 57.7 Å². The fourth-order valence-corrected chi connectivity index (χ4v) is 3.85. The highest BCUT2D eigenvalue weighted by Gasteiger charge is 2.25. The van der Waals surface area contributed by atoms with Crippen LogP contribution in [0.25, 0.3) is 11.1 Å². The molecule has 1 unspecified atom stereocenters. The molecule has 2 aliphatic heterocycles. The van der Waals surface area contributed by atoms with E-state index in [1.165, 1.54) is 0 Å². The minimum atomic E-state index is -0.402. The summed E-state index contributed by atoms with van der Waals surface area (Å²) in [5.74, 6) is -0.306. The zero-order valence-electron chi connectivity index (χ0n) is 14.9. The van der Waals surface area contributed by atoms with Crippen LogP contribution in [0.3, 0.4) is 0 Å². The Bertz CT molecular complexity index is 814. The molecule has 2 saturated heterocycles. The maximum absolute atomic E-state index is 12.5. The third kappa shape index (κ3) is 3.68. The number of piperazine rings is 1. The number of aryl methyl sites for hydroxylation is 1. The van der Waals surface area contributed by atoms with Crippen molar-refractivity contribution in [2.75, 3.05) is 39.3 Å². The molecule has 0 saturated carbocycles. The van der Waals surface area contributed by atoms with Crippen molar-refractivity contribution in [1.29, 1.82) is 0 Å². The van der Waals surface area contributed by atoms with Gasteiger partial charge in [-0.05, 0) is 25.0 Å². The van der Waals surface area contributed by atoms with Crippen molar-refractivity contribution in [3.05, 3.63) is 34.8 Å². The monoisotopic (exact) mass is 359 g/mol. The second kappa shape index (κ2) is 7.63. The molecule has 4 rings (SSSR count). The van der Waals surface area contributed by atoms with E-state index in [1.54, 1.807) is 10.6 Å². The number of aromatic nitrogens is 1. The number of nitrogens with zero attached hydrogens (tertiary/aromatic N) is 3. The summed E-state index contributed by atoms with van der Waals surface area (Å²) in [4.78, 5) is 28.8. The van der Waals surface area contributed by atoms with Crippen LogP contribution >= 0.6 is 0 Å². The predicted octanol–water partition coefficient (Wildman–Crippen LogP) is 1.31. The topological polar surface area (TPSA) is 67.9 Å². The fourth-order valence-electron chi connectivity index (χ4n) is 3.85. The van der Waals surface area contributed by atoms with Gasteiger partial charge in [0.05, 0.1) is 11.6 Å². The smallest absolute Gasteiger partial charge is 0.408 e. The molecule has 2 fully saturated rings. The molecule has 1 amide bonds. The molecule has 1 atom stereocenters. The molecule has 0 spiro atoms. The molecule has 7 nitrogen and oxygen atoms in total. The number of carbonyl (C=O) groups excluding carboxylic acids is 1. The van der Waals surface area contributed by atoms with Gasteiger partial charge in [-0.2, -0.15) is 0 Å².